The molecule has 1 N–H and O–H groups in total. The fourth-order valence-electron chi connectivity index (χ4n) is 1.73. The van der Waals surface area contributed by atoms with E-state index < -0.39 is 44.0 Å². The van der Waals surface area contributed by atoms with Crippen LogP contribution < -0.4 is 4.72 Å². The second-order valence-electron chi connectivity index (χ2n) is 4.40. The Bertz CT molecular complexity index is 832. The second kappa shape index (κ2) is 5.97. The zero-order valence-electron chi connectivity index (χ0n) is 11.0. The topological polar surface area (TPSA) is 46.2 Å². The number of benzene rings is 2. The van der Waals surface area contributed by atoms with Gasteiger partial charge in [-0.2, -0.15) is 13.2 Å². The van der Waals surface area contributed by atoms with Gasteiger partial charge in [-0.15, -0.1) is 0 Å². The van der Waals surface area contributed by atoms with Gasteiger partial charge in [0.15, 0.2) is 0 Å². The molecular weight excluding hydrogens is 365 g/mol. The van der Waals surface area contributed by atoms with Gasteiger partial charge in [0.25, 0.3) is 10.0 Å². The van der Waals surface area contributed by atoms with Crippen LogP contribution in [0.25, 0.3) is 0 Å². The quantitative estimate of drug-likeness (QED) is 0.811. The first-order valence-corrected chi connectivity index (χ1v) is 7.71. The molecule has 2 aromatic rings. The average Bonchev–Trinajstić information content (AvgIpc) is 2.38. The summed E-state index contributed by atoms with van der Waals surface area (Å²) in [5.41, 5.74) is -2.14. The van der Waals surface area contributed by atoms with Gasteiger partial charge in [-0.3, -0.25) is 4.72 Å². The summed E-state index contributed by atoms with van der Waals surface area (Å²) in [7, 11) is -4.63. The molecule has 0 bridgehead atoms. The highest BCUT2D eigenvalue weighted by molar-refractivity contribution is 7.92. The number of hydrogen-bond donors (Lipinski definition) is 1. The van der Waals surface area contributed by atoms with Crippen LogP contribution in [0.1, 0.15) is 5.56 Å². The molecule has 0 saturated carbocycles. The van der Waals surface area contributed by atoms with Crippen LogP contribution in [-0.2, 0) is 16.2 Å². The van der Waals surface area contributed by atoms with Gasteiger partial charge in [0.05, 0.1) is 16.1 Å². The summed E-state index contributed by atoms with van der Waals surface area (Å²) in [5.74, 6) is -2.37. The molecule has 0 amide bonds. The number of rotatable bonds is 3. The van der Waals surface area contributed by atoms with Crippen LogP contribution in [0.5, 0.6) is 0 Å². The van der Waals surface area contributed by atoms with Gasteiger partial charge in [-0.05, 0) is 30.3 Å². The Kier molecular flexibility index (Phi) is 4.54. The van der Waals surface area contributed by atoms with Gasteiger partial charge in [0.2, 0.25) is 0 Å². The highest BCUT2D eigenvalue weighted by Crippen LogP contribution is 2.37. The van der Waals surface area contributed by atoms with E-state index in [9.17, 15) is 30.4 Å². The highest BCUT2D eigenvalue weighted by Gasteiger charge is 2.35. The fourth-order valence-corrected chi connectivity index (χ4v) is 3.02. The summed E-state index contributed by atoms with van der Waals surface area (Å²) in [5, 5.41) is -0.253. The van der Waals surface area contributed by atoms with Crippen molar-refractivity contribution >= 4 is 27.3 Å². The summed E-state index contributed by atoms with van der Waals surface area (Å²) in [6.45, 7) is 0. The van der Waals surface area contributed by atoms with Crippen LogP contribution in [0.4, 0.5) is 27.6 Å². The van der Waals surface area contributed by atoms with Crippen LogP contribution in [0.15, 0.2) is 41.3 Å². The molecule has 3 nitrogen and oxygen atoms in total. The largest absolute Gasteiger partial charge is 0.418 e. The van der Waals surface area contributed by atoms with Crippen LogP contribution in [0.3, 0.4) is 0 Å². The van der Waals surface area contributed by atoms with E-state index in [1.165, 1.54) is 0 Å². The molecule has 0 heterocycles. The van der Waals surface area contributed by atoms with E-state index in [0.717, 1.165) is 12.1 Å². The molecule has 2 rings (SSSR count). The van der Waals surface area contributed by atoms with E-state index in [4.69, 9.17) is 11.6 Å². The number of alkyl halides is 3. The minimum atomic E-state index is -4.88. The molecule has 0 radical (unpaired) electrons. The molecule has 0 fully saturated rings. The van der Waals surface area contributed by atoms with Gasteiger partial charge in [0, 0.05) is 11.1 Å². The first kappa shape index (κ1) is 17.5. The Morgan fingerprint density at radius 1 is 0.957 bits per heavy atom. The fraction of sp³-hybridized carbons (Fsp3) is 0.0769. The van der Waals surface area contributed by atoms with Gasteiger partial charge in [-0.25, -0.2) is 17.2 Å². The van der Waals surface area contributed by atoms with Gasteiger partial charge in [-0.1, -0.05) is 11.6 Å². The Labute approximate surface area is 132 Å². The first-order chi connectivity index (χ1) is 10.5. The maximum Gasteiger partial charge on any atom is 0.418 e. The smallest absolute Gasteiger partial charge is 0.279 e. The van der Waals surface area contributed by atoms with Crippen LogP contribution >= 0.6 is 11.6 Å². The summed E-state index contributed by atoms with van der Waals surface area (Å²) < 4.78 is 90.6. The molecule has 0 aromatic heterocycles. The first-order valence-electron chi connectivity index (χ1n) is 5.85. The number of hydrogen-bond acceptors (Lipinski definition) is 2. The van der Waals surface area contributed by atoms with Crippen molar-refractivity contribution in [3.05, 3.63) is 58.6 Å². The van der Waals surface area contributed by atoms with Crippen molar-refractivity contribution in [2.24, 2.45) is 0 Å². The standard InChI is InChI=1S/C13H7ClF5NO2S/c14-7-1-2-12(11(3-7)13(17,18)19)20-23(21,22)10-5-8(15)4-9(16)6-10/h1-6,20H. The monoisotopic (exact) mass is 371 g/mol. The average molecular weight is 372 g/mol. The van der Waals surface area contributed by atoms with Crippen molar-refractivity contribution in [1.29, 1.82) is 0 Å². The molecule has 0 aliphatic rings. The Morgan fingerprint density at radius 2 is 1.52 bits per heavy atom. The van der Waals surface area contributed by atoms with Gasteiger partial charge >= 0.3 is 6.18 Å². The molecule has 0 spiro atoms. The molecule has 0 unspecified atom stereocenters. The maximum absolute atomic E-state index is 13.1. The molecule has 0 aliphatic carbocycles. The lowest BCUT2D eigenvalue weighted by Gasteiger charge is -2.15. The SMILES string of the molecule is O=S(=O)(Nc1ccc(Cl)cc1C(F)(F)F)c1cc(F)cc(F)c1. The molecule has 0 aliphatic heterocycles. The molecule has 0 saturated heterocycles. The lowest BCUT2D eigenvalue weighted by Crippen LogP contribution is -2.17. The number of sulfonamides is 1. The molecule has 124 valence electrons. The summed E-state index contributed by atoms with van der Waals surface area (Å²) in [6, 6.07) is 3.77. The van der Waals surface area contributed by atoms with Crippen molar-refractivity contribution in [3.8, 4) is 0 Å². The predicted molar refractivity (Wildman–Crippen MR) is 73.6 cm³/mol. The minimum absolute atomic E-state index is 0.253. The van der Waals surface area contributed by atoms with E-state index in [1.807, 2.05) is 0 Å². The van der Waals surface area contributed by atoms with E-state index in [0.29, 0.717) is 24.3 Å². The predicted octanol–water partition coefficient (Wildman–Crippen LogP) is 4.44. The highest BCUT2D eigenvalue weighted by atomic mass is 35.5. The molecule has 10 heteroatoms. The van der Waals surface area contributed by atoms with Crippen molar-refractivity contribution in [2.45, 2.75) is 11.1 Å². The van der Waals surface area contributed by atoms with E-state index >= 15 is 0 Å². The van der Waals surface area contributed by atoms with Crippen LogP contribution in [-0.4, -0.2) is 8.42 Å². The third kappa shape index (κ3) is 4.11. The number of anilines is 1. The van der Waals surface area contributed by atoms with Crippen LogP contribution in [0.2, 0.25) is 5.02 Å². The third-order valence-electron chi connectivity index (χ3n) is 2.68. The second-order valence-corrected chi connectivity index (χ2v) is 6.52. The molecule has 0 atom stereocenters. The lowest BCUT2D eigenvalue weighted by molar-refractivity contribution is -0.136. The van der Waals surface area contributed by atoms with E-state index in [2.05, 4.69) is 0 Å². The van der Waals surface area contributed by atoms with Crippen LogP contribution in [0, 0.1) is 11.6 Å². The summed E-state index contributed by atoms with van der Waals surface area (Å²) >= 11 is 5.48. The van der Waals surface area contributed by atoms with E-state index in [1.54, 1.807) is 4.72 Å². The molecule has 23 heavy (non-hydrogen) atoms. The Balaban J connectivity index is 2.50. The molecule has 2 aromatic carbocycles. The zero-order valence-corrected chi connectivity index (χ0v) is 12.5. The Morgan fingerprint density at radius 3 is 2.04 bits per heavy atom. The zero-order chi connectivity index (χ0) is 17.4. The van der Waals surface area contributed by atoms with Crippen molar-refractivity contribution in [1.82, 2.24) is 0 Å². The number of halogens is 6. The lowest BCUT2D eigenvalue weighted by atomic mass is 10.2. The summed E-state index contributed by atoms with van der Waals surface area (Å²) in [4.78, 5) is -0.849. The maximum atomic E-state index is 13.1. The van der Waals surface area contributed by atoms with Gasteiger partial charge in [0.1, 0.15) is 11.6 Å². The van der Waals surface area contributed by atoms with Crippen molar-refractivity contribution < 1.29 is 30.4 Å². The van der Waals surface area contributed by atoms with Gasteiger partial charge < -0.3 is 0 Å². The summed E-state index contributed by atoms with van der Waals surface area (Å²) in [6.07, 6.45) is -4.88. The van der Waals surface area contributed by atoms with Crippen molar-refractivity contribution in [3.63, 3.8) is 0 Å². The number of nitrogens with one attached hydrogen (secondary N) is 1. The normalized spacial score (nSPS) is 12.3. The third-order valence-corrected chi connectivity index (χ3v) is 4.26. The van der Waals surface area contributed by atoms with E-state index in [-0.39, 0.29) is 5.02 Å². The molecular formula is C13H7ClF5NO2S. The minimum Gasteiger partial charge on any atom is -0.279 e. The van der Waals surface area contributed by atoms with Crippen molar-refractivity contribution in [2.75, 3.05) is 4.72 Å². The Hall–Kier alpha value is -1.87.